The van der Waals surface area contributed by atoms with E-state index in [2.05, 4.69) is 21.2 Å². The molecule has 0 fully saturated rings. The van der Waals surface area contributed by atoms with E-state index in [1.807, 2.05) is 6.07 Å². The molecule has 0 aromatic heterocycles. The molecule has 0 saturated carbocycles. The number of benzene rings is 2. The fraction of sp³-hybridized carbons (Fsp3) is 0. The van der Waals surface area contributed by atoms with Crippen molar-refractivity contribution in [1.29, 1.82) is 5.26 Å². The second-order valence-corrected chi connectivity index (χ2v) is 5.17. The first-order valence-electron chi connectivity index (χ1n) is 5.58. The van der Waals surface area contributed by atoms with E-state index in [-0.39, 0.29) is 5.91 Å². The molecule has 0 aliphatic rings. The molecule has 0 atom stereocenters. The molecular weight excluding hydrogens is 342 g/mol. The smallest absolute Gasteiger partial charge is 0.256 e. The zero-order valence-electron chi connectivity index (χ0n) is 10.2. The Morgan fingerprint density at radius 2 is 2.10 bits per heavy atom. The number of hydrogen-bond donors (Lipinski definition) is 2. The Labute approximate surface area is 129 Å². The minimum Gasteiger partial charge on any atom is -0.398 e. The zero-order valence-corrected chi connectivity index (χ0v) is 12.5. The number of amides is 1. The van der Waals surface area contributed by atoms with Gasteiger partial charge in [-0.05, 0) is 46.3 Å². The van der Waals surface area contributed by atoms with Gasteiger partial charge in [0.1, 0.15) is 0 Å². The van der Waals surface area contributed by atoms with Gasteiger partial charge < -0.3 is 11.1 Å². The van der Waals surface area contributed by atoms with Crippen molar-refractivity contribution in [2.75, 3.05) is 11.1 Å². The summed E-state index contributed by atoms with van der Waals surface area (Å²) in [4.78, 5) is 12.2. The summed E-state index contributed by atoms with van der Waals surface area (Å²) in [5.41, 5.74) is 7.38. The van der Waals surface area contributed by atoms with Gasteiger partial charge in [0.25, 0.3) is 5.91 Å². The van der Waals surface area contributed by atoms with Gasteiger partial charge in [-0.3, -0.25) is 4.79 Å². The van der Waals surface area contributed by atoms with E-state index in [0.717, 1.165) is 0 Å². The fourth-order valence-electron chi connectivity index (χ4n) is 1.61. The monoisotopic (exact) mass is 349 g/mol. The summed E-state index contributed by atoms with van der Waals surface area (Å²) in [6, 6.07) is 11.6. The van der Waals surface area contributed by atoms with Crippen LogP contribution in [-0.4, -0.2) is 5.91 Å². The van der Waals surface area contributed by atoms with Crippen LogP contribution in [0.2, 0.25) is 5.02 Å². The van der Waals surface area contributed by atoms with Crippen molar-refractivity contribution in [1.82, 2.24) is 0 Å². The molecule has 0 bridgehead atoms. The first-order valence-corrected chi connectivity index (χ1v) is 6.75. The average molecular weight is 351 g/mol. The second-order valence-electron chi connectivity index (χ2n) is 3.97. The van der Waals surface area contributed by atoms with Gasteiger partial charge in [-0.2, -0.15) is 5.26 Å². The molecule has 2 aromatic rings. The minimum atomic E-state index is -0.360. The number of rotatable bonds is 2. The summed E-state index contributed by atoms with van der Waals surface area (Å²) in [5, 5.41) is 11.9. The van der Waals surface area contributed by atoms with E-state index in [4.69, 9.17) is 22.6 Å². The standard InChI is InChI=1S/C14H9BrClN3O/c15-13-9(2-1-3-11(13)18)14(20)19-12-6-8(7-17)4-5-10(12)16/h1-6H,18H2,(H,19,20). The average Bonchev–Trinajstić information content (AvgIpc) is 2.44. The number of nitriles is 1. The number of nitrogens with zero attached hydrogens (tertiary/aromatic N) is 1. The molecule has 20 heavy (non-hydrogen) atoms. The number of hydrogen-bond acceptors (Lipinski definition) is 3. The van der Waals surface area contributed by atoms with Crippen LogP contribution in [0.3, 0.4) is 0 Å². The number of halogens is 2. The van der Waals surface area contributed by atoms with Crippen LogP contribution in [0.1, 0.15) is 15.9 Å². The van der Waals surface area contributed by atoms with Crippen molar-refractivity contribution in [3.05, 3.63) is 57.0 Å². The Hall–Kier alpha value is -2.03. The van der Waals surface area contributed by atoms with Crippen molar-refractivity contribution < 1.29 is 4.79 Å². The van der Waals surface area contributed by atoms with E-state index < -0.39 is 0 Å². The van der Waals surface area contributed by atoms with Gasteiger partial charge in [-0.1, -0.05) is 17.7 Å². The SMILES string of the molecule is N#Cc1ccc(Cl)c(NC(=O)c2cccc(N)c2Br)c1. The molecule has 2 rings (SSSR count). The number of nitrogens with two attached hydrogens (primary N) is 1. The highest BCUT2D eigenvalue weighted by atomic mass is 79.9. The van der Waals surface area contributed by atoms with Crippen LogP contribution in [-0.2, 0) is 0 Å². The van der Waals surface area contributed by atoms with Gasteiger partial charge >= 0.3 is 0 Å². The van der Waals surface area contributed by atoms with Crippen molar-refractivity contribution in [2.45, 2.75) is 0 Å². The van der Waals surface area contributed by atoms with Crippen molar-refractivity contribution >= 4 is 44.8 Å². The molecule has 0 aliphatic heterocycles. The lowest BCUT2D eigenvalue weighted by Gasteiger charge is -2.10. The van der Waals surface area contributed by atoms with Crippen molar-refractivity contribution in [2.24, 2.45) is 0 Å². The maximum atomic E-state index is 12.2. The Morgan fingerprint density at radius 1 is 1.35 bits per heavy atom. The Bertz CT molecular complexity index is 725. The molecule has 4 nitrogen and oxygen atoms in total. The van der Waals surface area contributed by atoms with E-state index in [1.54, 1.807) is 30.3 Å². The zero-order chi connectivity index (χ0) is 14.7. The third-order valence-electron chi connectivity index (χ3n) is 2.62. The first-order chi connectivity index (χ1) is 9.52. The topological polar surface area (TPSA) is 78.9 Å². The third kappa shape index (κ3) is 2.93. The summed E-state index contributed by atoms with van der Waals surface area (Å²) in [6.45, 7) is 0. The normalized spacial score (nSPS) is 9.85. The quantitative estimate of drug-likeness (QED) is 0.808. The molecule has 0 unspecified atom stereocenters. The second kappa shape index (κ2) is 5.95. The number of anilines is 2. The van der Waals surface area contributed by atoms with Crippen molar-refractivity contribution in [3.8, 4) is 6.07 Å². The first kappa shape index (κ1) is 14.4. The molecule has 0 saturated heterocycles. The summed E-state index contributed by atoms with van der Waals surface area (Å²) < 4.78 is 0.519. The molecule has 100 valence electrons. The number of carbonyl (C=O) groups excluding carboxylic acids is 1. The molecular formula is C14H9BrClN3O. The molecule has 2 aromatic carbocycles. The van der Waals surface area contributed by atoms with Gasteiger partial charge in [-0.25, -0.2) is 0 Å². The maximum Gasteiger partial charge on any atom is 0.256 e. The molecule has 6 heteroatoms. The van der Waals surface area contributed by atoms with Crippen LogP contribution in [0.15, 0.2) is 40.9 Å². The van der Waals surface area contributed by atoms with Crippen LogP contribution in [0, 0.1) is 11.3 Å². The van der Waals surface area contributed by atoms with Gasteiger partial charge in [0, 0.05) is 5.69 Å². The van der Waals surface area contributed by atoms with Gasteiger partial charge in [0.2, 0.25) is 0 Å². The van der Waals surface area contributed by atoms with E-state index >= 15 is 0 Å². The molecule has 0 heterocycles. The number of nitrogen functional groups attached to an aromatic ring is 1. The van der Waals surface area contributed by atoms with Gasteiger partial charge in [0.05, 0.1) is 32.4 Å². The lowest BCUT2D eigenvalue weighted by atomic mass is 10.1. The summed E-state index contributed by atoms with van der Waals surface area (Å²) in [5.74, 6) is -0.360. The van der Waals surface area contributed by atoms with Crippen LogP contribution in [0.4, 0.5) is 11.4 Å². The Morgan fingerprint density at radius 3 is 2.80 bits per heavy atom. The largest absolute Gasteiger partial charge is 0.398 e. The number of carbonyl (C=O) groups is 1. The Balaban J connectivity index is 2.33. The molecule has 0 spiro atoms. The van der Waals surface area contributed by atoms with Gasteiger partial charge in [0.15, 0.2) is 0 Å². The Kier molecular flexibility index (Phi) is 4.28. The summed E-state index contributed by atoms with van der Waals surface area (Å²) >= 11 is 9.26. The summed E-state index contributed by atoms with van der Waals surface area (Å²) in [7, 11) is 0. The van der Waals surface area contributed by atoms with Crippen LogP contribution >= 0.6 is 27.5 Å². The third-order valence-corrected chi connectivity index (χ3v) is 3.83. The highest BCUT2D eigenvalue weighted by molar-refractivity contribution is 9.10. The minimum absolute atomic E-state index is 0.359. The highest BCUT2D eigenvalue weighted by Crippen LogP contribution is 2.27. The highest BCUT2D eigenvalue weighted by Gasteiger charge is 2.13. The lowest BCUT2D eigenvalue weighted by molar-refractivity contribution is 0.102. The number of nitrogens with one attached hydrogen (secondary N) is 1. The van der Waals surface area contributed by atoms with Crippen molar-refractivity contribution in [3.63, 3.8) is 0 Å². The predicted octanol–water partition coefficient (Wildman–Crippen LogP) is 3.81. The summed E-state index contributed by atoms with van der Waals surface area (Å²) in [6.07, 6.45) is 0. The van der Waals surface area contributed by atoms with Gasteiger partial charge in [-0.15, -0.1) is 0 Å². The molecule has 0 aliphatic carbocycles. The molecule has 0 radical (unpaired) electrons. The molecule has 1 amide bonds. The van der Waals surface area contributed by atoms with Crippen LogP contribution in [0.25, 0.3) is 0 Å². The predicted molar refractivity (Wildman–Crippen MR) is 82.7 cm³/mol. The molecule has 3 N–H and O–H groups in total. The van der Waals surface area contributed by atoms with Crippen LogP contribution < -0.4 is 11.1 Å². The maximum absolute atomic E-state index is 12.2. The fourth-order valence-corrected chi connectivity index (χ4v) is 2.21. The van der Waals surface area contributed by atoms with E-state index in [9.17, 15) is 4.79 Å². The van der Waals surface area contributed by atoms with Crippen LogP contribution in [0.5, 0.6) is 0 Å². The van der Waals surface area contributed by atoms with E-state index in [0.29, 0.717) is 32.0 Å². The van der Waals surface area contributed by atoms with E-state index in [1.165, 1.54) is 6.07 Å². The lowest BCUT2D eigenvalue weighted by Crippen LogP contribution is -2.13.